The van der Waals surface area contributed by atoms with Gasteiger partial charge in [-0.25, -0.2) is 9.97 Å². The van der Waals surface area contributed by atoms with Crippen LogP contribution in [0.15, 0.2) is 212 Å². The number of benzene rings is 8. The van der Waals surface area contributed by atoms with E-state index in [-0.39, 0.29) is 41.2 Å². The molecular weight excluding hydrogens is 659 g/mol. The molecule has 0 atom stereocenters. The highest BCUT2D eigenvalue weighted by Crippen LogP contribution is 2.40. The van der Waals surface area contributed by atoms with Crippen LogP contribution >= 0.6 is 0 Å². The summed E-state index contributed by atoms with van der Waals surface area (Å²) in [4.78, 5) is 12.2. The minimum Gasteiger partial charge on any atom is -0.457 e. The Balaban J connectivity index is 1.23. The quantitative estimate of drug-likeness (QED) is 0.150. The zero-order chi connectivity index (χ0) is 41.3. The predicted octanol–water partition coefficient (Wildman–Crippen LogP) is 13.6. The molecule has 0 fully saturated rings. The first-order valence-corrected chi connectivity index (χ1v) is 17.6. The van der Waals surface area contributed by atoms with Crippen molar-refractivity contribution in [3.8, 4) is 56.3 Å². The van der Waals surface area contributed by atoms with Crippen LogP contribution in [0.2, 0.25) is 0 Å². The molecule has 0 aliphatic heterocycles. The minimum absolute atomic E-state index is 0.0114. The summed E-state index contributed by atoms with van der Waals surface area (Å²) in [5.41, 5.74) is 9.08. The van der Waals surface area contributed by atoms with Crippen molar-refractivity contribution in [3.05, 3.63) is 212 Å². The normalized spacial score (nSPS) is 12.5. The number of ether oxygens (including phenoxy) is 1. The van der Waals surface area contributed by atoms with Crippen LogP contribution in [0.3, 0.4) is 0 Å². The lowest BCUT2D eigenvalue weighted by Crippen LogP contribution is -2.09. The zero-order valence-electron chi connectivity index (χ0n) is 35.0. The number of aromatic nitrogens is 2. The fraction of sp³-hybridized carbons (Fsp3) is 0. The summed E-state index contributed by atoms with van der Waals surface area (Å²) < 4.78 is 58.8. The molecule has 1 heterocycles. The van der Waals surface area contributed by atoms with E-state index in [2.05, 4.69) is 35.2 Å². The molecule has 0 N–H and O–H groups in total. The number of hydrogen-bond donors (Lipinski definition) is 0. The lowest BCUT2D eigenvalue weighted by Gasteiger charge is -2.26. The molecular formula is C50H35N3O. The SMILES string of the molecule is [2H]c1cc(Oc2cc(-c3nc4ccccc4nc3-c3ccccc3)c([2H])c(-c3ccc(N(c4ccccc4)c4cccc(-c5ccccc5)c4)cc3)c2[2H])c([2H])c([2H])c1[2H]. The second-order valence-corrected chi connectivity index (χ2v) is 12.6. The fourth-order valence-corrected chi connectivity index (χ4v) is 6.50. The van der Waals surface area contributed by atoms with Gasteiger partial charge in [0.05, 0.1) is 30.6 Å². The molecule has 4 nitrogen and oxygen atoms in total. The van der Waals surface area contributed by atoms with Crippen LogP contribution in [0.4, 0.5) is 17.1 Å². The summed E-state index contributed by atoms with van der Waals surface area (Å²) in [6.45, 7) is 0. The van der Waals surface area contributed by atoms with Gasteiger partial charge in [-0.15, -0.1) is 0 Å². The summed E-state index contributed by atoms with van der Waals surface area (Å²) in [6, 6.07) is 54.5. The van der Waals surface area contributed by atoms with E-state index in [9.17, 15) is 2.74 Å². The lowest BCUT2D eigenvalue weighted by molar-refractivity contribution is 0.483. The average Bonchev–Trinajstić information content (AvgIpc) is 3.29. The molecule has 0 bridgehead atoms. The van der Waals surface area contributed by atoms with Gasteiger partial charge < -0.3 is 9.64 Å². The summed E-state index contributed by atoms with van der Waals surface area (Å²) >= 11 is 0. The molecule has 9 aromatic rings. The number of para-hydroxylation sites is 4. The Morgan fingerprint density at radius 1 is 0.389 bits per heavy atom. The topological polar surface area (TPSA) is 38.3 Å². The highest BCUT2D eigenvalue weighted by molar-refractivity contribution is 5.88. The largest absolute Gasteiger partial charge is 0.457 e. The third-order valence-electron chi connectivity index (χ3n) is 9.04. The van der Waals surface area contributed by atoms with Crippen LogP contribution in [0, 0.1) is 0 Å². The van der Waals surface area contributed by atoms with Crippen LogP contribution in [0.5, 0.6) is 11.5 Å². The maximum atomic E-state index is 9.78. The van der Waals surface area contributed by atoms with E-state index in [0.717, 1.165) is 33.8 Å². The van der Waals surface area contributed by atoms with Gasteiger partial charge in [-0.05, 0) is 101 Å². The van der Waals surface area contributed by atoms with Crippen molar-refractivity contribution in [2.45, 2.75) is 0 Å². The Kier molecular flexibility index (Phi) is 7.23. The molecule has 0 aliphatic rings. The maximum Gasteiger partial charge on any atom is 0.128 e. The van der Waals surface area contributed by atoms with Crippen LogP contribution in [0.1, 0.15) is 8.22 Å². The maximum absolute atomic E-state index is 9.78. The van der Waals surface area contributed by atoms with E-state index < -0.39 is 12.1 Å². The van der Waals surface area contributed by atoms with Crippen LogP contribution in [-0.4, -0.2) is 9.97 Å². The third-order valence-corrected chi connectivity index (χ3v) is 9.04. The second-order valence-electron chi connectivity index (χ2n) is 12.6. The first kappa shape index (κ1) is 26.5. The summed E-state index contributed by atoms with van der Waals surface area (Å²) in [5, 5.41) is 0. The second kappa shape index (κ2) is 14.7. The van der Waals surface area contributed by atoms with Gasteiger partial charge in [0.2, 0.25) is 0 Å². The molecule has 54 heavy (non-hydrogen) atoms. The van der Waals surface area contributed by atoms with Gasteiger partial charge in [0, 0.05) is 28.2 Å². The van der Waals surface area contributed by atoms with Crippen molar-refractivity contribution in [1.29, 1.82) is 0 Å². The number of fused-ring (bicyclic) bond motifs is 1. The van der Waals surface area contributed by atoms with Crippen LogP contribution < -0.4 is 9.64 Å². The molecule has 4 heteroatoms. The van der Waals surface area contributed by atoms with E-state index >= 15 is 0 Å². The molecule has 0 saturated heterocycles. The highest BCUT2D eigenvalue weighted by atomic mass is 16.5. The summed E-state index contributed by atoms with van der Waals surface area (Å²) in [7, 11) is 0. The van der Waals surface area contributed by atoms with E-state index in [1.165, 1.54) is 6.07 Å². The molecule has 0 aliphatic carbocycles. The van der Waals surface area contributed by atoms with E-state index in [0.29, 0.717) is 33.5 Å². The molecule has 0 amide bonds. The zero-order valence-corrected chi connectivity index (χ0v) is 29.0. The summed E-state index contributed by atoms with van der Waals surface area (Å²) in [6.07, 6.45) is 0. The monoisotopic (exact) mass is 699 g/mol. The standard InChI is InChI=1S/C50H35N3O/c1-5-16-36(17-6-1)39-20-15-23-44(33-39)53(42-21-9-3-10-22-42)43-30-28-37(29-31-43)40-32-41(35-46(34-40)54-45-24-11-4-12-25-45)50-49(38-18-7-2-8-19-38)51-47-26-13-14-27-48(47)52-50/h1-35H/i4D,11D,12D,24D,32D,34D. The third kappa shape index (κ3) is 6.84. The van der Waals surface area contributed by atoms with Gasteiger partial charge in [-0.2, -0.15) is 0 Å². The van der Waals surface area contributed by atoms with E-state index in [1.807, 2.05) is 133 Å². The van der Waals surface area contributed by atoms with Crippen molar-refractivity contribution in [3.63, 3.8) is 0 Å². The van der Waals surface area contributed by atoms with Crippen molar-refractivity contribution < 1.29 is 13.0 Å². The molecule has 0 saturated carbocycles. The van der Waals surface area contributed by atoms with E-state index in [1.54, 1.807) is 6.07 Å². The summed E-state index contributed by atoms with van der Waals surface area (Å²) in [5.74, 6) is -0.161. The van der Waals surface area contributed by atoms with Gasteiger partial charge >= 0.3 is 0 Å². The number of nitrogens with zero attached hydrogens (tertiary/aromatic N) is 3. The Morgan fingerprint density at radius 3 is 1.69 bits per heavy atom. The first-order valence-electron chi connectivity index (χ1n) is 20.6. The highest BCUT2D eigenvalue weighted by Gasteiger charge is 2.18. The lowest BCUT2D eigenvalue weighted by atomic mass is 9.97. The fourth-order valence-electron chi connectivity index (χ4n) is 6.50. The molecule has 9 rings (SSSR count). The van der Waals surface area contributed by atoms with Crippen molar-refractivity contribution in [2.24, 2.45) is 0 Å². The molecule has 256 valence electrons. The smallest absolute Gasteiger partial charge is 0.128 e. The molecule has 1 aromatic heterocycles. The molecule has 0 radical (unpaired) electrons. The molecule has 8 aromatic carbocycles. The van der Waals surface area contributed by atoms with Gasteiger partial charge in [0.15, 0.2) is 0 Å². The number of rotatable bonds is 9. The van der Waals surface area contributed by atoms with Gasteiger partial charge in [0.1, 0.15) is 11.5 Å². The van der Waals surface area contributed by atoms with Gasteiger partial charge in [-0.1, -0.05) is 133 Å². The van der Waals surface area contributed by atoms with Gasteiger partial charge in [-0.3, -0.25) is 0 Å². The van der Waals surface area contributed by atoms with Gasteiger partial charge in [0.25, 0.3) is 0 Å². The van der Waals surface area contributed by atoms with Crippen LogP contribution in [0.25, 0.3) is 55.8 Å². The van der Waals surface area contributed by atoms with Crippen molar-refractivity contribution >= 4 is 28.1 Å². The first-order chi connectivity index (χ1) is 29.2. The Morgan fingerprint density at radius 2 is 0.963 bits per heavy atom. The number of anilines is 3. The molecule has 0 spiro atoms. The van der Waals surface area contributed by atoms with E-state index in [4.69, 9.17) is 20.2 Å². The van der Waals surface area contributed by atoms with Crippen molar-refractivity contribution in [2.75, 3.05) is 4.90 Å². The Hall–Kier alpha value is -7.30. The number of hydrogen-bond acceptors (Lipinski definition) is 4. The van der Waals surface area contributed by atoms with Crippen molar-refractivity contribution in [1.82, 2.24) is 9.97 Å². The average molecular weight is 700 g/mol. The minimum atomic E-state index is -0.457. The Labute approximate surface area is 323 Å². The van der Waals surface area contributed by atoms with Crippen LogP contribution in [-0.2, 0) is 0 Å². The predicted molar refractivity (Wildman–Crippen MR) is 222 cm³/mol. The molecule has 0 unspecified atom stereocenters. The Bertz CT molecular complexity index is 3020.